The second kappa shape index (κ2) is 3.67. The fourth-order valence-electron chi connectivity index (χ4n) is 0.798. The van der Waals surface area contributed by atoms with E-state index in [0.29, 0.717) is 10.7 Å². The maximum atomic E-state index is 12.1. The zero-order valence-electron chi connectivity index (χ0n) is 6.27. The number of rotatable bonds is 2. The van der Waals surface area contributed by atoms with Crippen LogP contribution < -0.4 is 0 Å². The second-order valence-corrected chi connectivity index (χ2v) is 2.67. The third-order valence-electron chi connectivity index (χ3n) is 1.51. The predicted octanol–water partition coefficient (Wildman–Crippen LogP) is 2.77. The Kier molecular flexibility index (Phi) is 2.83. The van der Waals surface area contributed by atoms with Crippen molar-refractivity contribution >= 4 is 11.6 Å². The molecule has 0 aromatic carbocycles. The fourth-order valence-corrected chi connectivity index (χ4v) is 1.04. The van der Waals surface area contributed by atoms with E-state index in [1.54, 1.807) is 12.3 Å². The molecule has 3 heteroatoms. The van der Waals surface area contributed by atoms with Gasteiger partial charge in [0.25, 0.3) is 0 Å². The summed E-state index contributed by atoms with van der Waals surface area (Å²) in [6, 6.07) is 1.75. The number of aromatic nitrogens is 1. The van der Waals surface area contributed by atoms with Gasteiger partial charge in [-0.2, -0.15) is 0 Å². The number of hydrogen-bond donors (Lipinski definition) is 0. The average molecular weight is 174 g/mol. The number of halogens is 2. The van der Waals surface area contributed by atoms with Crippen molar-refractivity contribution < 1.29 is 4.39 Å². The monoisotopic (exact) mass is 173 g/mol. The van der Waals surface area contributed by atoms with Gasteiger partial charge in [0.1, 0.15) is 6.67 Å². The number of aryl methyl sites for hydroxylation is 1. The number of nitrogens with zero attached hydrogens (tertiary/aromatic N) is 1. The maximum absolute atomic E-state index is 12.1. The Morgan fingerprint density at radius 1 is 1.64 bits per heavy atom. The first-order valence-corrected chi connectivity index (χ1v) is 3.85. The first kappa shape index (κ1) is 8.47. The van der Waals surface area contributed by atoms with Crippen molar-refractivity contribution in [1.82, 2.24) is 4.98 Å². The molecule has 0 bridgehead atoms. The van der Waals surface area contributed by atoms with Crippen LogP contribution in [0.4, 0.5) is 4.39 Å². The highest BCUT2D eigenvalue weighted by Crippen LogP contribution is 2.16. The van der Waals surface area contributed by atoms with E-state index >= 15 is 0 Å². The van der Waals surface area contributed by atoms with E-state index in [-0.39, 0.29) is 0 Å². The molecule has 1 heterocycles. The van der Waals surface area contributed by atoms with Gasteiger partial charge in [-0.05, 0) is 18.1 Å². The van der Waals surface area contributed by atoms with Gasteiger partial charge in [-0.1, -0.05) is 18.5 Å². The largest absolute Gasteiger partial charge is 0.257 e. The molecule has 1 rings (SSSR count). The molecule has 0 N–H and O–H groups in total. The Hall–Kier alpha value is -0.630. The molecule has 0 spiro atoms. The Morgan fingerprint density at radius 3 is 2.82 bits per heavy atom. The molecule has 0 amide bonds. The highest BCUT2D eigenvalue weighted by atomic mass is 35.5. The highest BCUT2D eigenvalue weighted by molar-refractivity contribution is 6.31. The lowest BCUT2D eigenvalue weighted by Crippen LogP contribution is -1.90. The molecule has 0 fully saturated rings. The quantitative estimate of drug-likeness (QED) is 0.670. The number of pyridine rings is 1. The van der Waals surface area contributed by atoms with Crippen molar-refractivity contribution in [2.24, 2.45) is 0 Å². The molecule has 1 nitrogen and oxygen atoms in total. The van der Waals surface area contributed by atoms with Gasteiger partial charge in [0.2, 0.25) is 0 Å². The van der Waals surface area contributed by atoms with E-state index in [9.17, 15) is 4.39 Å². The molecule has 1 aromatic heterocycles. The van der Waals surface area contributed by atoms with Crippen LogP contribution in [0.15, 0.2) is 12.3 Å². The van der Waals surface area contributed by atoms with Crippen molar-refractivity contribution in [3.8, 4) is 0 Å². The molecular formula is C8H9ClFN. The molecule has 0 radical (unpaired) electrons. The van der Waals surface area contributed by atoms with Crippen LogP contribution in [0, 0.1) is 0 Å². The van der Waals surface area contributed by atoms with Crippen LogP contribution in [0.2, 0.25) is 5.02 Å². The summed E-state index contributed by atoms with van der Waals surface area (Å²) in [6.45, 7) is 1.41. The molecule has 60 valence electrons. The van der Waals surface area contributed by atoms with Gasteiger partial charge < -0.3 is 0 Å². The summed E-state index contributed by atoms with van der Waals surface area (Å²) >= 11 is 5.71. The molecule has 1 aromatic rings. The predicted molar refractivity (Wildman–Crippen MR) is 43.4 cm³/mol. The topological polar surface area (TPSA) is 12.9 Å². The van der Waals surface area contributed by atoms with Gasteiger partial charge >= 0.3 is 0 Å². The molecule has 0 aliphatic carbocycles. The number of alkyl halides is 1. The van der Waals surface area contributed by atoms with Crippen LogP contribution >= 0.6 is 11.6 Å². The molecule has 0 atom stereocenters. The Balaban J connectivity index is 2.99. The smallest absolute Gasteiger partial charge is 0.133 e. The maximum Gasteiger partial charge on any atom is 0.133 e. The minimum Gasteiger partial charge on any atom is -0.257 e. The third kappa shape index (κ3) is 1.90. The SMILES string of the molecule is CCc1cnc(CF)c(Cl)c1. The zero-order chi connectivity index (χ0) is 8.27. The minimum atomic E-state index is -0.594. The summed E-state index contributed by atoms with van der Waals surface area (Å²) in [5.74, 6) is 0. The molecule has 0 aliphatic rings. The van der Waals surface area contributed by atoms with E-state index in [1.165, 1.54) is 0 Å². The van der Waals surface area contributed by atoms with E-state index < -0.39 is 6.67 Å². The van der Waals surface area contributed by atoms with Crippen LogP contribution in [0.3, 0.4) is 0 Å². The first-order chi connectivity index (χ1) is 5.27. The average Bonchev–Trinajstić information content (AvgIpc) is 2.04. The highest BCUT2D eigenvalue weighted by Gasteiger charge is 2.00. The molecule has 11 heavy (non-hydrogen) atoms. The summed E-state index contributed by atoms with van der Waals surface area (Å²) < 4.78 is 12.1. The summed E-state index contributed by atoms with van der Waals surface area (Å²) in [5.41, 5.74) is 1.36. The molecular weight excluding hydrogens is 165 g/mol. The van der Waals surface area contributed by atoms with Gasteiger partial charge in [-0.15, -0.1) is 0 Å². The summed E-state index contributed by atoms with van der Waals surface area (Å²) in [6.07, 6.45) is 2.53. The van der Waals surface area contributed by atoms with Crippen LogP contribution in [0.5, 0.6) is 0 Å². The molecule has 0 unspecified atom stereocenters. The van der Waals surface area contributed by atoms with Crippen LogP contribution in [-0.2, 0) is 13.1 Å². The normalized spacial score (nSPS) is 10.1. The lowest BCUT2D eigenvalue weighted by molar-refractivity contribution is 0.476. The number of hydrogen-bond acceptors (Lipinski definition) is 1. The summed E-state index contributed by atoms with van der Waals surface area (Å²) in [5, 5.41) is 0.423. The standard InChI is InChI=1S/C8H9ClFN/c1-2-6-3-7(9)8(4-10)11-5-6/h3,5H,2,4H2,1H3. The fraction of sp³-hybridized carbons (Fsp3) is 0.375. The lowest BCUT2D eigenvalue weighted by Gasteiger charge is -1.99. The minimum absolute atomic E-state index is 0.323. The van der Waals surface area contributed by atoms with Gasteiger partial charge in [-0.25, -0.2) is 4.39 Å². The summed E-state index contributed by atoms with van der Waals surface area (Å²) in [4.78, 5) is 3.86. The zero-order valence-corrected chi connectivity index (χ0v) is 7.03. The molecule has 0 saturated heterocycles. The van der Waals surface area contributed by atoms with Crippen molar-refractivity contribution in [3.05, 3.63) is 28.5 Å². The van der Waals surface area contributed by atoms with Crippen molar-refractivity contribution in [2.75, 3.05) is 0 Å². The van der Waals surface area contributed by atoms with Crippen molar-refractivity contribution in [2.45, 2.75) is 20.0 Å². The third-order valence-corrected chi connectivity index (χ3v) is 1.84. The van der Waals surface area contributed by atoms with E-state index in [2.05, 4.69) is 4.98 Å². The van der Waals surface area contributed by atoms with Gasteiger partial charge in [0.05, 0.1) is 10.7 Å². The Bertz CT molecular complexity index is 250. The lowest BCUT2D eigenvalue weighted by atomic mass is 10.2. The van der Waals surface area contributed by atoms with Crippen LogP contribution in [-0.4, -0.2) is 4.98 Å². The molecule has 0 aliphatic heterocycles. The van der Waals surface area contributed by atoms with E-state index in [0.717, 1.165) is 12.0 Å². The van der Waals surface area contributed by atoms with Gasteiger partial charge in [0.15, 0.2) is 0 Å². The van der Waals surface area contributed by atoms with Gasteiger partial charge in [-0.3, -0.25) is 4.98 Å². The first-order valence-electron chi connectivity index (χ1n) is 3.47. The molecule has 0 saturated carbocycles. The summed E-state index contributed by atoms with van der Waals surface area (Å²) in [7, 11) is 0. The van der Waals surface area contributed by atoms with Crippen LogP contribution in [0.25, 0.3) is 0 Å². The van der Waals surface area contributed by atoms with Crippen molar-refractivity contribution in [3.63, 3.8) is 0 Å². The van der Waals surface area contributed by atoms with E-state index in [4.69, 9.17) is 11.6 Å². The Labute approximate surface area is 70.2 Å². The Morgan fingerprint density at radius 2 is 2.36 bits per heavy atom. The van der Waals surface area contributed by atoms with Crippen LogP contribution in [0.1, 0.15) is 18.2 Å². The van der Waals surface area contributed by atoms with E-state index in [1.807, 2.05) is 6.92 Å². The second-order valence-electron chi connectivity index (χ2n) is 2.26. The van der Waals surface area contributed by atoms with Gasteiger partial charge in [0, 0.05) is 6.20 Å². The van der Waals surface area contributed by atoms with Crippen molar-refractivity contribution in [1.29, 1.82) is 0 Å².